The van der Waals surface area contributed by atoms with Gasteiger partial charge in [0.1, 0.15) is 0 Å². The Kier molecular flexibility index (Phi) is 6.12. The van der Waals surface area contributed by atoms with E-state index in [1.807, 2.05) is 16.8 Å². The maximum absolute atomic E-state index is 11.8. The first-order chi connectivity index (χ1) is 8.18. The highest BCUT2D eigenvalue weighted by Crippen LogP contribution is 2.26. The molecule has 2 N–H and O–H groups in total. The third-order valence-electron chi connectivity index (χ3n) is 3.47. The van der Waals surface area contributed by atoms with Gasteiger partial charge >= 0.3 is 0 Å². The molecule has 0 aliphatic carbocycles. The highest BCUT2D eigenvalue weighted by atomic mass is 35.5. The van der Waals surface area contributed by atoms with Crippen molar-refractivity contribution in [1.82, 2.24) is 10.6 Å². The van der Waals surface area contributed by atoms with Crippen molar-refractivity contribution in [2.45, 2.75) is 26.2 Å². The zero-order chi connectivity index (χ0) is 12.1. The van der Waals surface area contributed by atoms with Gasteiger partial charge in [0.2, 0.25) is 5.91 Å². The average molecular weight is 289 g/mol. The van der Waals surface area contributed by atoms with Gasteiger partial charge in [0.25, 0.3) is 0 Å². The molecule has 0 spiro atoms. The number of amides is 1. The average Bonchev–Trinajstić information content (AvgIpc) is 2.80. The molecule has 102 valence electrons. The summed E-state index contributed by atoms with van der Waals surface area (Å²) in [6, 6.07) is 2.01. The Morgan fingerprint density at radius 2 is 2.22 bits per heavy atom. The lowest BCUT2D eigenvalue weighted by atomic mass is 9.81. The van der Waals surface area contributed by atoms with Gasteiger partial charge in [0.05, 0.1) is 6.42 Å². The van der Waals surface area contributed by atoms with Crippen LogP contribution in [0.5, 0.6) is 0 Å². The lowest BCUT2D eigenvalue weighted by Crippen LogP contribution is -2.43. The maximum atomic E-state index is 11.8. The van der Waals surface area contributed by atoms with Crippen LogP contribution in [0.4, 0.5) is 0 Å². The van der Waals surface area contributed by atoms with E-state index in [1.165, 1.54) is 0 Å². The van der Waals surface area contributed by atoms with E-state index in [0.717, 1.165) is 38.0 Å². The molecule has 0 bridgehead atoms. The van der Waals surface area contributed by atoms with E-state index in [9.17, 15) is 4.79 Å². The van der Waals surface area contributed by atoms with Gasteiger partial charge in [0, 0.05) is 6.54 Å². The Balaban J connectivity index is 0.00000162. The number of hydrogen-bond donors (Lipinski definition) is 2. The smallest absolute Gasteiger partial charge is 0.224 e. The second-order valence-electron chi connectivity index (χ2n) is 5.15. The van der Waals surface area contributed by atoms with Crippen molar-refractivity contribution in [2.24, 2.45) is 5.41 Å². The van der Waals surface area contributed by atoms with Crippen LogP contribution in [0.1, 0.15) is 25.3 Å². The largest absolute Gasteiger partial charge is 0.355 e. The van der Waals surface area contributed by atoms with Crippen LogP contribution < -0.4 is 10.6 Å². The van der Waals surface area contributed by atoms with Crippen LogP contribution in [0.2, 0.25) is 0 Å². The molecule has 1 saturated heterocycles. The van der Waals surface area contributed by atoms with Crippen molar-refractivity contribution in [3.63, 3.8) is 0 Å². The number of rotatable bonds is 4. The lowest BCUT2D eigenvalue weighted by molar-refractivity contribution is -0.121. The predicted octanol–water partition coefficient (Wildman–Crippen LogP) is 2.22. The highest BCUT2D eigenvalue weighted by molar-refractivity contribution is 7.07. The highest BCUT2D eigenvalue weighted by Gasteiger charge is 2.26. The van der Waals surface area contributed by atoms with E-state index < -0.39 is 0 Å². The van der Waals surface area contributed by atoms with Crippen LogP contribution in [0, 0.1) is 5.41 Å². The normalized spacial score (nSPS) is 17.8. The first-order valence-electron chi connectivity index (χ1n) is 6.16. The van der Waals surface area contributed by atoms with E-state index in [4.69, 9.17) is 0 Å². The van der Waals surface area contributed by atoms with Crippen molar-refractivity contribution in [1.29, 1.82) is 0 Å². The SMILES string of the molecule is CC1(CNC(=O)Cc2ccsc2)CCNCC1.Cl. The zero-order valence-electron chi connectivity index (χ0n) is 10.7. The number of thiophene rings is 1. The molecule has 1 aromatic rings. The van der Waals surface area contributed by atoms with Gasteiger partial charge in [-0.15, -0.1) is 12.4 Å². The summed E-state index contributed by atoms with van der Waals surface area (Å²) in [4.78, 5) is 11.8. The summed E-state index contributed by atoms with van der Waals surface area (Å²) >= 11 is 1.64. The Hall–Kier alpha value is -0.580. The van der Waals surface area contributed by atoms with Crippen LogP contribution in [0.15, 0.2) is 16.8 Å². The van der Waals surface area contributed by atoms with Crippen LogP contribution in [-0.4, -0.2) is 25.5 Å². The molecule has 0 unspecified atom stereocenters. The van der Waals surface area contributed by atoms with Crippen molar-refractivity contribution < 1.29 is 4.79 Å². The van der Waals surface area contributed by atoms with E-state index in [2.05, 4.69) is 17.6 Å². The predicted molar refractivity (Wildman–Crippen MR) is 78.5 cm³/mol. The topological polar surface area (TPSA) is 41.1 Å². The summed E-state index contributed by atoms with van der Waals surface area (Å²) in [6.45, 7) is 5.20. The Morgan fingerprint density at radius 1 is 1.50 bits per heavy atom. The summed E-state index contributed by atoms with van der Waals surface area (Å²) < 4.78 is 0. The van der Waals surface area contributed by atoms with Gasteiger partial charge in [0.15, 0.2) is 0 Å². The van der Waals surface area contributed by atoms with Crippen LogP contribution in [0.3, 0.4) is 0 Å². The fraction of sp³-hybridized carbons (Fsp3) is 0.615. The summed E-state index contributed by atoms with van der Waals surface area (Å²) in [6.07, 6.45) is 2.80. The maximum Gasteiger partial charge on any atom is 0.224 e. The van der Waals surface area contributed by atoms with E-state index in [-0.39, 0.29) is 23.7 Å². The summed E-state index contributed by atoms with van der Waals surface area (Å²) in [7, 11) is 0. The van der Waals surface area contributed by atoms with Crippen LogP contribution in [0.25, 0.3) is 0 Å². The number of piperidine rings is 1. The minimum absolute atomic E-state index is 0. The van der Waals surface area contributed by atoms with E-state index in [1.54, 1.807) is 11.3 Å². The van der Waals surface area contributed by atoms with Gasteiger partial charge in [-0.2, -0.15) is 11.3 Å². The second-order valence-corrected chi connectivity index (χ2v) is 5.93. The first kappa shape index (κ1) is 15.5. The molecule has 0 atom stereocenters. The Labute approximate surface area is 119 Å². The molecule has 0 radical (unpaired) electrons. The Morgan fingerprint density at radius 3 is 2.83 bits per heavy atom. The second kappa shape index (κ2) is 7.12. The molecular weight excluding hydrogens is 268 g/mol. The van der Waals surface area contributed by atoms with Gasteiger partial charge < -0.3 is 10.6 Å². The number of halogens is 1. The number of hydrogen-bond acceptors (Lipinski definition) is 3. The standard InChI is InChI=1S/C13H20N2OS.ClH/c1-13(3-5-14-6-4-13)10-15-12(16)8-11-2-7-17-9-11;/h2,7,9,14H,3-6,8,10H2,1H3,(H,15,16);1H. The molecule has 1 aliphatic heterocycles. The van der Waals surface area contributed by atoms with Gasteiger partial charge in [-0.25, -0.2) is 0 Å². The molecular formula is C13H21ClN2OS. The van der Waals surface area contributed by atoms with Crippen LogP contribution in [-0.2, 0) is 11.2 Å². The fourth-order valence-electron chi connectivity index (χ4n) is 2.16. The molecule has 18 heavy (non-hydrogen) atoms. The van der Waals surface area contributed by atoms with Crippen molar-refractivity contribution >= 4 is 29.7 Å². The third-order valence-corrected chi connectivity index (χ3v) is 4.20. The fourth-order valence-corrected chi connectivity index (χ4v) is 2.83. The number of nitrogens with one attached hydrogen (secondary N) is 2. The van der Waals surface area contributed by atoms with Crippen molar-refractivity contribution in [3.05, 3.63) is 22.4 Å². The van der Waals surface area contributed by atoms with E-state index >= 15 is 0 Å². The number of carbonyl (C=O) groups is 1. The molecule has 5 heteroatoms. The molecule has 1 aromatic heterocycles. The Bertz CT molecular complexity index is 361. The van der Waals surface area contributed by atoms with Gasteiger partial charge in [-0.3, -0.25) is 4.79 Å². The molecule has 1 amide bonds. The first-order valence-corrected chi connectivity index (χ1v) is 7.11. The van der Waals surface area contributed by atoms with E-state index in [0.29, 0.717) is 6.42 Å². The quantitative estimate of drug-likeness (QED) is 0.892. The van der Waals surface area contributed by atoms with Gasteiger partial charge in [-0.05, 0) is 53.7 Å². The molecule has 1 aliphatic rings. The number of carbonyl (C=O) groups excluding carboxylic acids is 1. The van der Waals surface area contributed by atoms with Gasteiger partial charge in [-0.1, -0.05) is 6.92 Å². The molecule has 0 aromatic carbocycles. The molecule has 3 nitrogen and oxygen atoms in total. The monoisotopic (exact) mass is 288 g/mol. The zero-order valence-corrected chi connectivity index (χ0v) is 12.3. The molecule has 2 heterocycles. The van der Waals surface area contributed by atoms with Crippen molar-refractivity contribution in [2.75, 3.05) is 19.6 Å². The minimum atomic E-state index is 0. The summed E-state index contributed by atoms with van der Waals surface area (Å²) in [5.74, 6) is 0.142. The minimum Gasteiger partial charge on any atom is -0.355 e. The molecule has 1 fully saturated rings. The third kappa shape index (κ3) is 4.59. The van der Waals surface area contributed by atoms with Crippen LogP contribution >= 0.6 is 23.7 Å². The molecule has 0 saturated carbocycles. The molecule has 2 rings (SSSR count). The summed E-state index contributed by atoms with van der Waals surface area (Å²) in [5.41, 5.74) is 1.39. The van der Waals surface area contributed by atoms with Crippen molar-refractivity contribution in [3.8, 4) is 0 Å². The lowest BCUT2D eigenvalue weighted by Gasteiger charge is -2.34. The summed E-state index contributed by atoms with van der Waals surface area (Å²) in [5, 5.41) is 10.5.